The van der Waals surface area contributed by atoms with Gasteiger partial charge in [0.05, 0.1) is 4.92 Å². The third-order valence-electron chi connectivity index (χ3n) is 3.17. The van der Waals surface area contributed by atoms with Gasteiger partial charge in [-0.3, -0.25) is 10.1 Å². The maximum Gasteiger partial charge on any atom is 0.398 e. The predicted octanol–water partition coefficient (Wildman–Crippen LogP) is 1.96. The van der Waals surface area contributed by atoms with Crippen molar-refractivity contribution < 1.29 is 14.7 Å². The Kier molecular flexibility index (Phi) is 4.76. The van der Waals surface area contributed by atoms with Gasteiger partial charge in [0.1, 0.15) is 0 Å². The lowest BCUT2D eigenvalue weighted by Crippen LogP contribution is -2.35. The molecule has 0 atom stereocenters. The Labute approximate surface area is 118 Å². The molecule has 105 valence electrons. The molecule has 0 unspecified atom stereocenters. The van der Waals surface area contributed by atoms with Gasteiger partial charge in [0.2, 0.25) is 0 Å². The zero-order chi connectivity index (χ0) is 14.5. The fourth-order valence-corrected chi connectivity index (χ4v) is 2.30. The highest BCUT2D eigenvalue weighted by atomic mass is 16.6. The minimum atomic E-state index is -0.580. The first kappa shape index (κ1) is 14.6. The summed E-state index contributed by atoms with van der Waals surface area (Å²) in [5.41, 5.74) is 1.64. The number of phenolic OH excluding ortho intramolecular Hbond substituents is 1. The molecular formula is C13H16BN2O4. The van der Waals surface area contributed by atoms with Crippen molar-refractivity contribution in [3.8, 4) is 5.75 Å². The maximum atomic E-state index is 10.8. The van der Waals surface area contributed by atoms with Gasteiger partial charge in [-0.1, -0.05) is 17.7 Å². The molecule has 1 aromatic carbocycles. The molecule has 1 N–H and O–H groups in total. The van der Waals surface area contributed by atoms with Crippen molar-refractivity contribution in [2.45, 2.75) is 12.8 Å². The Morgan fingerprint density at radius 1 is 1.55 bits per heavy atom. The van der Waals surface area contributed by atoms with Gasteiger partial charge in [0.15, 0.2) is 5.75 Å². The van der Waals surface area contributed by atoms with Crippen LogP contribution in [-0.2, 0) is 4.65 Å². The zero-order valence-corrected chi connectivity index (χ0v) is 11.3. The molecule has 1 aliphatic heterocycles. The second-order valence-corrected chi connectivity index (χ2v) is 4.72. The van der Waals surface area contributed by atoms with Crippen molar-refractivity contribution in [3.63, 3.8) is 0 Å². The van der Waals surface area contributed by atoms with Gasteiger partial charge in [-0.05, 0) is 31.0 Å². The number of hydrogen-bond acceptors (Lipinski definition) is 5. The number of nitro benzene ring substituents is 1. The molecule has 6 nitrogen and oxygen atoms in total. The molecule has 1 aliphatic rings. The summed E-state index contributed by atoms with van der Waals surface area (Å²) in [5.74, 6) is -0.310. The molecule has 0 amide bonds. The Balaban J connectivity index is 2.17. The van der Waals surface area contributed by atoms with Crippen LogP contribution >= 0.6 is 0 Å². The van der Waals surface area contributed by atoms with Crippen LogP contribution in [0.3, 0.4) is 0 Å². The van der Waals surface area contributed by atoms with Crippen LogP contribution in [0.5, 0.6) is 5.75 Å². The van der Waals surface area contributed by atoms with Gasteiger partial charge in [-0.25, -0.2) is 0 Å². The topological polar surface area (TPSA) is 75.8 Å². The van der Waals surface area contributed by atoms with Crippen molar-refractivity contribution >= 4 is 19.4 Å². The van der Waals surface area contributed by atoms with Crippen molar-refractivity contribution in [1.29, 1.82) is 0 Å². The van der Waals surface area contributed by atoms with Gasteiger partial charge in [0.25, 0.3) is 0 Å². The number of aromatic hydroxyl groups is 1. The van der Waals surface area contributed by atoms with Crippen LogP contribution in [0.1, 0.15) is 18.4 Å². The van der Waals surface area contributed by atoms with E-state index < -0.39 is 4.92 Å². The van der Waals surface area contributed by atoms with Crippen LogP contribution in [0.2, 0.25) is 0 Å². The van der Waals surface area contributed by atoms with E-state index in [1.54, 1.807) is 20.8 Å². The van der Waals surface area contributed by atoms with Crippen LogP contribution < -0.4 is 0 Å². The number of piperidine rings is 1. The summed E-state index contributed by atoms with van der Waals surface area (Å²) < 4.78 is 5.00. The summed E-state index contributed by atoms with van der Waals surface area (Å²) in [7, 11) is 3.30. The van der Waals surface area contributed by atoms with Crippen LogP contribution in [0.15, 0.2) is 23.8 Å². The van der Waals surface area contributed by atoms with Gasteiger partial charge in [0, 0.05) is 19.7 Å². The molecule has 1 aromatic rings. The third-order valence-corrected chi connectivity index (χ3v) is 3.17. The lowest BCUT2D eigenvalue weighted by atomic mass is 9.97. The van der Waals surface area contributed by atoms with E-state index in [2.05, 4.69) is 4.81 Å². The number of rotatable bonds is 4. The first-order chi connectivity index (χ1) is 9.60. The van der Waals surface area contributed by atoms with E-state index in [1.807, 2.05) is 6.08 Å². The predicted molar refractivity (Wildman–Crippen MR) is 76.3 cm³/mol. The van der Waals surface area contributed by atoms with Crippen LogP contribution in [0, 0.1) is 10.1 Å². The van der Waals surface area contributed by atoms with Crippen LogP contribution in [0.4, 0.5) is 5.69 Å². The molecule has 0 aromatic heterocycles. The zero-order valence-electron chi connectivity index (χ0n) is 11.3. The average molecular weight is 275 g/mol. The summed E-state index contributed by atoms with van der Waals surface area (Å²) in [6.07, 6.45) is 3.91. The second kappa shape index (κ2) is 6.54. The minimum absolute atomic E-state index is 0.268. The van der Waals surface area contributed by atoms with Crippen molar-refractivity contribution in [3.05, 3.63) is 39.4 Å². The number of phenols is 1. The van der Waals surface area contributed by atoms with E-state index in [0.29, 0.717) is 0 Å². The van der Waals surface area contributed by atoms with E-state index in [4.69, 9.17) is 4.65 Å². The van der Waals surface area contributed by atoms with Crippen LogP contribution in [0.25, 0.3) is 6.08 Å². The number of nitro groups is 1. The molecular weight excluding hydrogens is 259 g/mol. The molecule has 7 heteroatoms. The highest BCUT2D eigenvalue weighted by Crippen LogP contribution is 2.28. The van der Waals surface area contributed by atoms with E-state index in [-0.39, 0.29) is 11.4 Å². The highest BCUT2D eigenvalue weighted by molar-refractivity contribution is 6.23. The van der Waals surface area contributed by atoms with Gasteiger partial charge >= 0.3 is 13.3 Å². The van der Waals surface area contributed by atoms with Crippen molar-refractivity contribution in [1.82, 2.24) is 4.81 Å². The van der Waals surface area contributed by atoms with Crippen LogP contribution in [-0.4, -0.2) is 42.7 Å². The van der Waals surface area contributed by atoms with Gasteiger partial charge < -0.3 is 14.6 Å². The monoisotopic (exact) mass is 275 g/mol. The van der Waals surface area contributed by atoms with E-state index in [9.17, 15) is 15.2 Å². The lowest BCUT2D eigenvalue weighted by Gasteiger charge is -2.26. The summed E-state index contributed by atoms with van der Waals surface area (Å²) >= 11 is 0. The maximum absolute atomic E-state index is 10.8. The molecule has 1 saturated heterocycles. The molecule has 0 saturated carbocycles. The smallest absolute Gasteiger partial charge is 0.398 e. The first-order valence-corrected chi connectivity index (χ1v) is 6.37. The molecule has 2 rings (SSSR count). The van der Waals surface area contributed by atoms with Gasteiger partial charge in [-0.15, -0.1) is 0 Å². The standard InChI is InChI=1S/C13H16BN2O4/c1-20-14-15-6-2-3-11(9-15)7-10-4-5-13(17)12(8-10)16(18)19/h4-5,7-8,17H,2-3,6,9H2,1H3. The van der Waals surface area contributed by atoms with Crippen molar-refractivity contribution in [2.75, 3.05) is 20.2 Å². The van der Waals surface area contributed by atoms with E-state index in [0.717, 1.165) is 31.5 Å². The molecule has 1 fully saturated rings. The summed E-state index contributed by atoms with van der Waals surface area (Å²) in [6, 6.07) is 4.42. The Hall–Kier alpha value is -1.86. The Bertz CT molecular complexity index is 531. The third kappa shape index (κ3) is 3.58. The molecule has 20 heavy (non-hydrogen) atoms. The van der Waals surface area contributed by atoms with E-state index >= 15 is 0 Å². The molecule has 0 spiro atoms. The SMILES string of the molecule is CO[B]N1CCCC(=Cc2ccc(O)c([N+](=O)[O-])c2)C1. The van der Waals surface area contributed by atoms with E-state index in [1.165, 1.54) is 17.7 Å². The Morgan fingerprint density at radius 2 is 2.35 bits per heavy atom. The number of hydrogen-bond donors (Lipinski definition) is 1. The fourth-order valence-electron chi connectivity index (χ4n) is 2.30. The number of nitrogens with zero attached hydrogens (tertiary/aromatic N) is 2. The lowest BCUT2D eigenvalue weighted by molar-refractivity contribution is -0.385. The number of benzene rings is 1. The average Bonchev–Trinajstić information content (AvgIpc) is 2.41. The largest absolute Gasteiger partial charge is 0.502 e. The van der Waals surface area contributed by atoms with Gasteiger partial charge in [-0.2, -0.15) is 0 Å². The molecule has 1 radical (unpaired) electrons. The molecule has 0 bridgehead atoms. The molecule has 0 aliphatic carbocycles. The second-order valence-electron chi connectivity index (χ2n) is 4.72. The fraction of sp³-hybridized carbons (Fsp3) is 0.385. The molecule has 1 heterocycles. The summed E-state index contributed by atoms with van der Waals surface area (Å²) in [5, 5.41) is 20.2. The minimum Gasteiger partial charge on any atom is -0.502 e. The quantitative estimate of drug-likeness (QED) is 0.516. The normalized spacial score (nSPS) is 18.1. The van der Waals surface area contributed by atoms with Crippen molar-refractivity contribution in [2.24, 2.45) is 0 Å². The summed E-state index contributed by atoms with van der Waals surface area (Å²) in [4.78, 5) is 12.3. The first-order valence-electron chi connectivity index (χ1n) is 6.37. The Morgan fingerprint density at radius 3 is 3.05 bits per heavy atom. The highest BCUT2D eigenvalue weighted by Gasteiger charge is 2.17. The summed E-state index contributed by atoms with van der Waals surface area (Å²) in [6.45, 7) is 1.70.